The lowest BCUT2D eigenvalue weighted by Crippen LogP contribution is -2.50. The van der Waals surface area contributed by atoms with Crippen LogP contribution in [0.4, 0.5) is 0 Å². The topological polar surface area (TPSA) is 21.3 Å². The average molecular weight is 281 g/mol. The molecule has 0 aliphatic heterocycles. The zero-order valence-corrected chi connectivity index (χ0v) is 14.1. The lowest BCUT2D eigenvalue weighted by Gasteiger charge is -2.47. The van der Waals surface area contributed by atoms with E-state index in [1.54, 1.807) is 0 Å². The van der Waals surface area contributed by atoms with Gasteiger partial charge in [0, 0.05) is 6.54 Å². The molecule has 2 rings (SSSR count). The van der Waals surface area contributed by atoms with Crippen LogP contribution in [-0.4, -0.2) is 24.8 Å². The van der Waals surface area contributed by atoms with Gasteiger partial charge in [-0.05, 0) is 69.2 Å². The van der Waals surface area contributed by atoms with Gasteiger partial charge in [0.05, 0.1) is 11.7 Å². The van der Waals surface area contributed by atoms with E-state index in [2.05, 4.69) is 33.0 Å². The highest BCUT2D eigenvalue weighted by atomic mass is 16.5. The second-order valence-corrected chi connectivity index (χ2v) is 8.17. The highest BCUT2D eigenvalue weighted by Gasteiger charge is 2.41. The van der Waals surface area contributed by atoms with Crippen LogP contribution in [0.15, 0.2) is 0 Å². The van der Waals surface area contributed by atoms with E-state index < -0.39 is 0 Å². The Morgan fingerprint density at radius 2 is 1.75 bits per heavy atom. The highest BCUT2D eigenvalue weighted by molar-refractivity contribution is 4.93. The summed E-state index contributed by atoms with van der Waals surface area (Å²) in [6.45, 7) is 11.6. The maximum Gasteiger partial charge on any atom is 0.0810 e. The van der Waals surface area contributed by atoms with Crippen molar-refractivity contribution in [2.24, 2.45) is 11.3 Å². The molecule has 20 heavy (non-hydrogen) atoms. The summed E-state index contributed by atoms with van der Waals surface area (Å²) in [7, 11) is 0. The van der Waals surface area contributed by atoms with E-state index in [-0.39, 0.29) is 5.60 Å². The normalized spacial score (nSPS) is 32.1. The Balaban J connectivity index is 1.90. The fourth-order valence-electron chi connectivity index (χ4n) is 3.68. The summed E-state index contributed by atoms with van der Waals surface area (Å²) in [4.78, 5) is 0. The molecule has 0 radical (unpaired) electrons. The predicted octanol–water partition coefficient (Wildman–Crippen LogP) is 4.53. The van der Waals surface area contributed by atoms with Gasteiger partial charge in [-0.25, -0.2) is 0 Å². The molecular formula is C18H35NO. The third-order valence-corrected chi connectivity index (χ3v) is 5.46. The van der Waals surface area contributed by atoms with Gasteiger partial charge in [-0.1, -0.05) is 27.7 Å². The van der Waals surface area contributed by atoms with Gasteiger partial charge < -0.3 is 10.1 Å². The van der Waals surface area contributed by atoms with Crippen molar-refractivity contribution in [3.8, 4) is 0 Å². The van der Waals surface area contributed by atoms with Crippen molar-refractivity contribution in [2.75, 3.05) is 13.1 Å². The predicted molar refractivity (Wildman–Crippen MR) is 86.0 cm³/mol. The first-order chi connectivity index (χ1) is 9.45. The largest absolute Gasteiger partial charge is 0.370 e. The fraction of sp³-hybridized carbons (Fsp3) is 1.00. The molecule has 2 fully saturated rings. The molecule has 2 aliphatic carbocycles. The summed E-state index contributed by atoms with van der Waals surface area (Å²) in [6.07, 6.45) is 10.9. The Hall–Kier alpha value is -0.0800. The highest BCUT2D eigenvalue weighted by Crippen LogP contribution is 2.44. The molecule has 0 spiro atoms. The summed E-state index contributed by atoms with van der Waals surface area (Å²) < 4.78 is 6.56. The van der Waals surface area contributed by atoms with Crippen LogP contribution in [0, 0.1) is 11.3 Å². The Kier molecular flexibility index (Phi) is 5.53. The van der Waals surface area contributed by atoms with Gasteiger partial charge in [-0.2, -0.15) is 0 Å². The minimum absolute atomic E-state index is 0.141. The van der Waals surface area contributed by atoms with E-state index in [0.717, 1.165) is 19.0 Å². The molecule has 0 amide bonds. The Bertz CT molecular complexity index is 282. The van der Waals surface area contributed by atoms with Crippen LogP contribution < -0.4 is 5.32 Å². The standard InChI is InChI=1S/C18H35NO/c1-5-13-19-14-18(20-16-7-6-8-16)11-9-15(10-12-18)17(2,3)4/h15-16,19H,5-14H2,1-4H3. The van der Waals surface area contributed by atoms with E-state index in [1.807, 2.05) is 0 Å². The van der Waals surface area contributed by atoms with Gasteiger partial charge in [-0.15, -0.1) is 0 Å². The first kappa shape index (κ1) is 16.3. The second-order valence-electron chi connectivity index (χ2n) is 8.17. The maximum atomic E-state index is 6.56. The number of rotatable bonds is 6. The van der Waals surface area contributed by atoms with Crippen LogP contribution in [0.3, 0.4) is 0 Å². The SMILES string of the molecule is CCCNCC1(OC2CCC2)CCC(C(C)(C)C)CC1. The smallest absolute Gasteiger partial charge is 0.0810 e. The zero-order chi connectivity index (χ0) is 14.6. The van der Waals surface area contributed by atoms with Crippen molar-refractivity contribution in [2.45, 2.75) is 90.8 Å². The Labute approximate surface area is 126 Å². The molecule has 0 heterocycles. The lowest BCUT2D eigenvalue weighted by atomic mass is 9.68. The number of ether oxygens (including phenoxy) is 1. The monoisotopic (exact) mass is 281 g/mol. The summed E-state index contributed by atoms with van der Waals surface area (Å²) in [5.74, 6) is 0.867. The van der Waals surface area contributed by atoms with Gasteiger partial charge in [0.15, 0.2) is 0 Å². The van der Waals surface area contributed by atoms with Crippen LogP contribution in [0.2, 0.25) is 0 Å². The number of hydrogen-bond acceptors (Lipinski definition) is 2. The van der Waals surface area contributed by atoms with E-state index in [9.17, 15) is 0 Å². The second kappa shape index (κ2) is 6.79. The van der Waals surface area contributed by atoms with Crippen molar-refractivity contribution in [1.29, 1.82) is 0 Å². The van der Waals surface area contributed by atoms with Crippen LogP contribution in [-0.2, 0) is 4.74 Å². The average Bonchev–Trinajstić information content (AvgIpc) is 2.34. The molecule has 2 nitrogen and oxygen atoms in total. The first-order valence-electron chi connectivity index (χ1n) is 8.84. The Morgan fingerprint density at radius 1 is 1.10 bits per heavy atom. The van der Waals surface area contributed by atoms with Gasteiger partial charge in [0.2, 0.25) is 0 Å². The van der Waals surface area contributed by atoms with Crippen LogP contribution in [0.25, 0.3) is 0 Å². The van der Waals surface area contributed by atoms with Crippen molar-refractivity contribution in [1.82, 2.24) is 5.32 Å². The summed E-state index contributed by atoms with van der Waals surface area (Å²) in [5, 5.41) is 3.63. The molecule has 0 atom stereocenters. The van der Waals surface area contributed by atoms with Crippen LogP contribution in [0.1, 0.15) is 79.1 Å². The van der Waals surface area contributed by atoms with Crippen molar-refractivity contribution in [3.05, 3.63) is 0 Å². The molecule has 1 N–H and O–H groups in total. The van der Waals surface area contributed by atoms with E-state index >= 15 is 0 Å². The molecule has 0 unspecified atom stereocenters. The minimum Gasteiger partial charge on any atom is -0.370 e. The van der Waals surface area contributed by atoms with Crippen LogP contribution >= 0.6 is 0 Å². The molecular weight excluding hydrogens is 246 g/mol. The molecule has 0 saturated heterocycles. The van der Waals surface area contributed by atoms with Gasteiger partial charge >= 0.3 is 0 Å². The van der Waals surface area contributed by atoms with Gasteiger partial charge in [0.25, 0.3) is 0 Å². The molecule has 118 valence electrons. The molecule has 0 aromatic heterocycles. The Morgan fingerprint density at radius 3 is 2.20 bits per heavy atom. The van der Waals surface area contributed by atoms with Crippen LogP contribution in [0.5, 0.6) is 0 Å². The summed E-state index contributed by atoms with van der Waals surface area (Å²) >= 11 is 0. The lowest BCUT2D eigenvalue weighted by molar-refractivity contribution is -0.145. The molecule has 0 aromatic rings. The molecule has 2 heteroatoms. The number of hydrogen-bond donors (Lipinski definition) is 1. The maximum absolute atomic E-state index is 6.56. The molecule has 0 bridgehead atoms. The molecule has 2 aliphatic rings. The third kappa shape index (κ3) is 4.21. The van der Waals surface area contributed by atoms with Crippen molar-refractivity contribution in [3.63, 3.8) is 0 Å². The zero-order valence-electron chi connectivity index (χ0n) is 14.1. The van der Waals surface area contributed by atoms with Crippen molar-refractivity contribution >= 4 is 0 Å². The van der Waals surface area contributed by atoms with E-state index in [4.69, 9.17) is 4.74 Å². The summed E-state index contributed by atoms with van der Waals surface area (Å²) in [5.41, 5.74) is 0.599. The molecule has 2 saturated carbocycles. The number of nitrogens with one attached hydrogen (secondary N) is 1. The van der Waals surface area contributed by atoms with E-state index in [1.165, 1.54) is 51.4 Å². The van der Waals surface area contributed by atoms with Gasteiger partial charge in [-0.3, -0.25) is 0 Å². The van der Waals surface area contributed by atoms with Gasteiger partial charge in [0.1, 0.15) is 0 Å². The minimum atomic E-state index is 0.141. The first-order valence-corrected chi connectivity index (χ1v) is 8.84. The quantitative estimate of drug-likeness (QED) is 0.722. The van der Waals surface area contributed by atoms with E-state index in [0.29, 0.717) is 11.5 Å². The molecule has 0 aromatic carbocycles. The third-order valence-electron chi connectivity index (χ3n) is 5.46. The summed E-state index contributed by atoms with van der Waals surface area (Å²) in [6, 6.07) is 0. The van der Waals surface area contributed by atoms with Crippen molar-refractivity contribution < 1.29 is 4.74 Å². The fourth-order valence-corrected chi connectivity index (χ4v) is 3.68.